The lowest BCUT2D eigenvalue weighted by Crippen LogP contribution is -1.94. The second-order valence-corrected chi connectivity index (χ2v) is 3.93. The molecular formula is C9H7FO4S. The number of hydrogen-bond acceptors (Lipinski definition) is 3. The molecule has 0 atom stereocenters. The Bertz CT molecular complexity index is 487. The van der Waals surface area contributed by atoms with Crippen LogP contribution in [0.3, 0.4) is 0 Å². The van der Waals surface area contributed by atoms with Gasteiger partial charge in [0.1, 0.15) is 0 Å². The van der Waals surface area contributed by atoms with E-state index in [2.05, 4.69) is 0 Å². The molecule has 0 radical (unpaired) electrons. The zero-order chi connectivity index (χ0) is 11.5. The Kier molecular flexibility index (Phi) is 3.21. The van der Waals surface area contributed by atoms with Gasteiger partial charge in [-0.3, -0.25) is 0 Å². The SMILES string of the molecule is O=C(O)c1ccc(C=CS(=O)(=O)F)cc1. The molecule has 0 amide bonds. The highest BCUT2D eigenvalue weighted by Gasteiger charge is 2.01. The number of hydrogen-bond donors (Lipinski definition) is 1. The quantitative estimate of drug-likeness (QED) is 0.801. The third-order valence-corrected chi connectivity index (χ3v) is 2.04. The van der Waals surface area contributed by atoms with Gasteiger partial charge in [0.2, 0.25) is 0 Å². The normalized spacial score (nSPS) is 11.8. The molecule has 0 fully saturated rings. The van der Waals surface area contributed by atoms with Crippen molar-refractivity contribution in [1.29, 1.82) is 0 Å². The second kappa shape index (κ2) is 4.22. The number of halogens is 1. The average Bonchev–Trinajstić information content (AvgIpc) is 2.14. The molecule has 0 aliphatic heterocycles. The lowest BCUT2D eigenvalue weighted by Gasteiger charge is -1.94. The van der Waals surface area contributed by atoms with Crippen molar-refractivity contribution < 1.29 is 22.2 Å². The Morgan fingerprint density at radius 1 is 1.27 bits per heavy atom. The van der Waals surface area contributed by atoms with Gasteiger partial charge in [0.25, 0.3) is 0 Å². The van der Waals surface area contributed by atoms with Gasteiger partial charge in [0, 0.05) is 0 Å². The fourth-order valence-electron chi connectivity index (χ4n) is 0.897. The van der Waals surface area contributed by atoms with Gasteiger partial charge in [0.15, 0.2) is 0 Å². The smallest absolute Gasteiger partial charge is 0.335 e. The van der Waals surface area contributed by atoms with Gasteiger partial charge < -0.3 is 5.11 Å². The molecule has 1 aromatic carbocycles. The van der Waals surface area contributed by atoms with E-state index < -0.39 is 16.2 Å². The van der Waals surface area contributed by atoms with E-state index in [1.54, 1.807) is 0 Å². The van der Waals surface area contributed by atoms with Crippen LogP contribution in [0, 0.1) is 0 Å². The van der Waals surface area contributed by atoms with E-state index in [1.807, 2.05) is 0 Å². The van der Waals surface area contributed by atoms with Crippen LogP contribution in [-0.2, 0) is 10.2 Å². The maximum Gasteiger partial charge on any atom is 0.335 e. The number of aromatic carboxylic acids is 1. The van der Waals surface area contributed by atoms with Crippen LogP contribution in [0.2, 0.25) is 0 Å². The van der Waals surface area contributed by atoms with Gasteiger partial charge in [-0.05, 0) is 23.8 Å². The van der Waals surface area contributed by atoms with Crippen LogP contribution in [0.25, 0.3) is 6.08 Å². The van der Waals surface area contributed by atoms with Gasteiger partial charge in [0.05, 0.1) is 11.0 Å². The number of carboxylic acid groups (broad SMARTS) is 1. The van der Waals surface area contributed by atoms with Gasteiger partial charge in [-0.25, -0.2) is 4.79 Å². The minimum Gasteiger partial charge on any atom is -0.478 e. The molecule has 0 aromatic heterocycles. The molecule has 6 heteroatoms. The molecule has 4 nitrogen and oxygen atoms in total. The molecule has 1 rings (SSSR count). The summed E-state index contributed by atoms with van der Waals surface area (Å²) in [6.45, 7) is 0. The molecule has 0 spiro atoms. The topological polar surface area (TPSA) is 71.4 Å². The summed E-state index contributed by atoms with van der Waals surface area (Å²) >= 11 is 0. The Morgan fingerprint density at radius 2 is 1.80 bits per heavy atom. The van der Waals surface area contributed by atoms with Crippen LogP contribution in [0.5, 0.6) is 0 Å². The summed E-state index contributed by atoms with van der Waals surface area (Å²) < 4.78 is 32.3. The first-order valence-electron chi connectivity index (χ1n) is 3.84. The van der Waals surface area contributed by atoms with Crippen molar-refractivity contribution in [2.45, 2.75) is 0 Å². The van der Waals surface area contributed by atoms with E-state index >= 15 is 0 Å². The first-order valence-corrected chi connectivity index (χ1v) is 5.29. The summed E-state index contributed by atoms with van der Waals surface area (Å²) in [5.41, 5.74) is 0.483. The van der Waals surface area contributed by atoms with Gasteiger partial charge in [-0.2, -0.15) is 8.42 Å². The lowest BCUT2D eigenvalue weighted by molar-refractivity contribution is 0.0697. The van der Waals surface area contributed by atoms with Crippen LogP contribution in [0.15, 0.2) is 29.7 Å². The molecule has 0 saturated heterocycles. The molecule has 80 valence electrons. The van der Waals surface area contributed by atoms with Crippen molar-refractivity contribution in [2.75, 3.05) is 0 Å². The highest BCUT2D eigenvalue weighted by atomic mass is 32.3. The van der Waals surface area contributed by atoms with Crippen LogP contribution < -0.4 is 0 Å². The fraction of sp³-hybridized carbons (Fsp3) is 0. The van der Waals surface area contributed by atoms with Gasteiger partial charge in [-0.15, -0.1) is 3.89 Å². The average molecular weight is 230 g/mol. The van der Waals surface area contributed by atoms with Crippen LogP contribution >= 0.6 is 0 Å². The van der Waals surface area contributed by atoms with Crippen molar-refractivity contribution >= 4 is 22.3 Å². The molecular weight excluding hydrogens is 223 g/mol. The molecule has 0 unspecified atom stereocenters. The monoisotopic (exact) mass is 230 g/mol. The van der Waals surface area contributed by atoms with Crippen LogP contribution in [0.4, 0.5) is 3.89 Å². The molecule has 0 heterocycles. The summed E-state index contributed by atoms with van der Waals surface area (Å²) in [6.07, 6.45) is 1.04. The predicted molar refractivity (Wildman–Crippen MR) is 52.5 cm³/mol. The summed E-state index contributed by atoms with van der Waals surface area (Å²) in [7, 11) is -4.65. The minimum atomic E-state index is -4.65. The zero-order valence-electron chi connectivity index (χ0n) is 7.42. The van der Waals surface area contributed by atoms with E-state index in [9.17, 15) is 17.1 Å². The minimum absolute atomic E-state index is 0.0789. The van der Waals surface area contributed by atoms with E-state index in [0.29, 0.717) is 11.0 Å². The number of carbonyl (C=O) groups is 1. The van der Waals surface area contributed by atoms with E-state index in [-0.39, 0.29) is 5.56 Å². The van der Waals surface area contributed by atoms with Crippen molar-refractivity contribution in [1.82, 2.24) is 0 Å². The van der Waals surface area contributed by atoms with Crippen molar-refractivity contribution in [3.63, 3.8) is 0 Å². The standard InChI is InChI=1S/C9H7FO4S/c10-15(13,14)6-5-7-1-3-8(4-2-7)9(11)12/h1-6H,(H,11,12). The molecule has 0 aliphatic carbocycles. The highest BCUT2D eigenvalue weighted by molar-refractivity contribution is 7.89. The third-order valence-electron chi connectivity index (χ3n) is 1.58. The first kappa shape index (κ1) is 11.4. The van der Waals surface area contributed by atoms with Crippen molar-refractivity contribution in [3.05, 3.63) is 40.8 Å². The van der Waals surface area contributed by atoms with Crippen molar-refractivity contribution in [2.24, 2.45) is 0 Å². The summed E-state index contributed by atoms with van der Waals surface area (Å²) in [4.78, 5) is 10.5. The third kappa shape index (κ3) is 3.90. The fourth-order valence-corrected chi connectivity index (χ4v) is 1.22. The zero-order valence-corrected chi connectivity index (χ0v) is 8.24. The first-order chi connectivity index (χ1) is 6.88. The van der Waals surface area contributed by atoms with E-state index in [4.69, 9.17) is 5.11 Å². The number of carboxylic acids is 1. The predicted octanol–water partition coefficient (Wildman–Crippen LogP) is 1.65. The van der Waals surface area contributed by atoms with Crippen LogP contribution in [0.1, 0.15) is 15.9 Å². The van der Waals surface area contributed by atoms with E-state index in [1.165, 1.54) is 24.3 Å². The highest BCUT2D eigenvalue weighted by Crippen LogP contribution is 2.07. The molecule has 0 bridgehead atoms. The Morgan fingerprint density at radius 3 is 2.20 bits per heavy atom. The van der Waals surface area contributed by atoms with Crippen molar-refractivity contribution in [3.8, 4) is 0 Å². The van der Waals surface area contributed by atoms with Crippen LogP contribution in [-0.4, -0.2) is 19.5 Å². The Labute approximate surface area is 85.9 Å². The Hall–Kier alpha value is -1.69. The van der Waals surface area contributed by atoms with Gasteiger partial charge in [-0.1, -0.05) is 12.1 Å². The number of rotatable bonds is 3. The molecule has 1 N–H and O–H groups in total. The van der Waals surface area contributed by atoms with Gasteiger partial charge >= 0.3 is 16.2 Å². The second-order valence-electron chi connectivity index (χ2n) is 2.71. The lowest BCUT2D eigenvalue weighted by atomic mass is 10.1. The largest absolute Gasteiger partial charge is 0.478 e. The summed E-state index contributed by atoms with van der Waals surface area (Å²) in [5.74, 6) is -1.08. The summed E-state index contributed by atoms with van der Waals surface area (Å²) in [6, 6.07) is 5.36. The maximum absolute atomic E-state index is 12.1. The molecule has 0 aliphatic rings. The summed E-state index contributed by atoms with van der Waals surface area (Å²) in [5, 5.41) is 8.97. The molecule has 0 saturated carbocycles. The molecule has 15 heavy (non-hydrogen) atoms. The number of benzene rings is 1. The van der Waals surface area contributed by atoms with E-state index in [0.717, 1.165) is 6.08 Å². The molecule has 1 aromatic rings. The maximum atomic E-state index is 12.1. The Balaban J connectivity index is 2.91.